The molecule has 0 bridgehead atoms. The standard InChI is InChI=1S/C17H30N4S2.HI/c1-18-17(19-8-3-4-11-22-2)20-16-5-9-21(10-6-16)13-15-7-12-23-14-15;/h7,12,14,16H,3-6,8-11,13H2,1-2H3,(H2,18,19,20);1H. The van der Waals surface area contributed by atoms with E-state index in [0.717, 1.165) is 32.1 Å². The highest BCUT2D eigenvalue weighted by Gasteiger charge is 2.19. The molecule has 0 saturated carbocycles. The summed E-state index contributed by atoms with van der Waals surface area (Å²) in [6.07, 6.45) is 7.03. The number of rotatable bonds is 8. The van der Waals surface area contributed by atoms with Crippen LogP contribution in [0.5, 0.6) is 0 Å². The molecule has 1 aliphatic rings. The number of aliphatic imine (C=N–C) groups is 1. The molecule has 2 heterocycles. The predicted octanol–water partition coefficient (Wildman–Crippen LogP) is 3.64. The van der Waals surface area contributed by atoms with E-state index in [9.17, 15) is 0 Å². The Hall–Kier alpha value is 0.01000. The molecule has 138 valence electrons. The maximum absolute atomic E-state index is 4.36. The summed E-state index contributed by atoms with van der Waals surface area (Å²) in [5.74, 6) is 2.21. The van der Waals surface area contributed by atoms with Crippen LogP contribution >= 0.6 is 47.1 Å². The minimum absolute atomic E-state index is 0. The average Bonchev–Trinajstić information content (AvgIpc) is 3.08. The van der Waals surface area contributed by atoms with Crippen molar-refractivity contribution >= 4 is 53.0 Å². The molecule has 0 aliphatic carbocycles. The Kier molecular flexibility index (Phi) is 12.2. The lowest BCUT2D eigenvalue weighted by Gasteiger charge is -2.32. The topological polar surface area (TPSA) is 39.7 Å². The smallest absolute Gasteiger partial charge is 0.191 e. The second kappa shape index (κ2) is 13.2. The minimum atomic E-state index is 0. The molecule has 2 rings (SSSR count). The van der Waals surface area contributed by atoms with Crippen LogP contribution in [0.25, 0.3) is 0 Å². The molecule has 24 heavy (non-hydrogen) atoms. The molecular formula is C17H31IN4S2. The van der Waals surface area contributed by atoms with E-state index in [0.29, 0.717) is 6.04 Å². The summed E-state index contributed by atoms with van der Waals surface area (Å²) in [6.45, 7) is 4.44. The lowest BCUT2D eigenvalue weighted by molar-refractivity contribution is 0.198. The van der Waals surface area contributed by atoms with Crippen LogP contribution in [0.2, 0.25) is 0 Å². The van der Waals surface area contributed by atoms with E-state index < -0.39 is 0 Å². The van der Waals surface area contributed by atoms with Crippen molar-refractivity contribution in [2.75, 3.05) is 38.7 Å². The van der Waals surface area contributed by atoms with Crippen molar-refractivity contribution in [2.45, 2.75) is 38.3 Å². The molecule has 1 fully saturated rings. The summed E-state index contributed by atoms with van der Waals surface area (Å²) in [5.41, 5.74) is 1.45. The summed E-state index contributed by atoms with van der Waals surface area (Å²) in [5, 5.41) is 11.4. The van der Waals surface area contributed by atoms with Crippen molar-refractivity contribution in [3.8, 4) is 0 Å². The molecule has 4 nitrogen and oxygen atoms in total. The molecular weight excluding hydrogens is 451 g/mol. The van der Waals surface area contributed by atoms with Crippen molar-refractivity contribution in [3.05, 3.63) is 22.4 Å². The molecule has 7 heteroatoms. The maximum Gasteiger partial charge on any atom is 0.191 e. The number of hydrogen-bond acceptors (Lipinski definition) is 4. The highest BCUT2D eigenvalue weighted by Crippen LogP contribution is 2.15. The van der Waals surface area contributed by atoms with Gasteiger partial charge in [0.15, 0.2) is 5.96 Å². The van der Waals surface area contributed by atoms with Crippen LogP contribution in [0, 0.1) is 0 Å². The first-order valence-electron chi connectivity index (χ1n) is 8.51. The Morgan fingerprint density at radius 1 is 1.38 bits per heavy atom. The normalized spacial score (nSPS) is 16.7. The van der Waals surface area contributed by atoms with Crippen LogP contribution in [-0.4, -0.2) is 55.6 Å². The van der Waals surface area contributed by atoms with Gasteiger partial charge in [-0.2, -0.15) is 23.1 Å². The van der Waals surface area contributed by atoms with Gasteiger partial charge in [-0.05, 0) is 60.1 Å². The van der Waals surface area contributed by atoms with E-state index in [4.69, 9.17) is 0 Å². The number of guanidine groups is 1. The van der Waals surface area contributed by atoms with Crippen LogP contribution in [0.4, 0.5) is 0 Å². The number of thioether (sulfide) groups is 1. The molecule has 0 unspecified atom stereocenters. The molecule has 1 saturated heterocycles. The van der Waals surface area contributed by atoms with Gasteiger partial charge in [0.2, 0.25) is 0 Å². The fourth-order valence-corrected chi connectivity index (χ4v) is 4.00. The zero-order valence-electron chi connectivity index (χ0n) is 14.8. The molecule has 0 atom stereocenters. The van der Waals surface area contributed by atoms with E-state index in [1.54, 1.807) is 11.3 Å². The quantitative estimate of drug-likeness (QED) is 0.257. The number of nitrogens with zero attached hydrogens (tertiary/aromatic N) is 2. The lowest BCUT2D eigenvalue weighted by Crippen LogP contribution is -2.48. The number of halogens is 1. The molecule has 2 N–H and O–H groups in total. The average molecular weight is 483 g/mol. The van der Waals surface area contributed by atoms with E-state index in [1.807, 2.05) is 18.8 Å². The Morgan fingerprint density at radius 2 is 2.17 bits per heavy atom. The van der Waals surface area contributed by atoms with Crippen LogP contribution in [-0.2, 0) is 6.54 Å². The van der Waals surface area contributed by atoms with Gasteiger partial charge in [0.05, 0.1) is 0 Å². The second-order valence-electron chi connectivity index (χ2n) is 6.03. The summed E-state index contributed by atoms with van der Waals surface area (Å²) < 4.78 is 0. The van der Waals surface area contributed by atoms with Crippen molar-refractivity contribution in [1.29, 1.82) is 0 Å². The third kappa shape index (κ3) is 8.40. The van der Waals surface area contributed by atoms with Gasteiger partial charge >= 0.3 is 0 Å². The van der Waals surface area contributed by atoms with Gasteiger partial charge in [-0.15, -0.1) is 24.0 Å². The highest BCUT2D eigenvalue weighted by atomic mass is 127. The zero-order chi connectivity index (χ0) is 16.3. The lowest BCUT2D eigenvalue weighted by atomic mass is 10.0. The minimum Gasteiger partial charge on any atom is -0.356 e. The molecule has 0 aromatic carbocycles. The first-order chi connectivity index (χ1) is 11.3. The molecule has 1 aromatic rings. The molecule has 1 aliphatic heterocycles. The zero-order valence-corrected chi connectivity index (χ0v) is 18.8. The van der Waals surface area contributed by atoms with Gasteiger partial charge in [0, 0.05) is 39.3 Å². The van der Waals surface area contributed by atoms with Gasteiger partial charge in [-0.25, -0.2) is 0 Å². The van der Waals surface area contributed by atoms with Gasteiger partial charge in [0.1, 0.15) is 0 Å². The Morgan fingerprint density at radius 3 is 2.79 bits per heavy atom. The van der Waals surface area contributed by atoms with Crippen molar-refractivity contribution in [1.82, 2.24) is 15.5 Å². The van der Waals surface area contributed by atoms with Gasteiger partial charge in [-0.3, -0.25) is 9.89 Å². The number of likely N-dealkylation sites (tertiary alicyclic amines) is 1. The monoisotopic (exact) mass is 482 g/mol. The highest BCUT2D eigenvalue weighted by molar-refractivity contribution is 14.0. The van der Waals surface area contributed by atoms with E-state index in [-0.39, 0.29) is 24.0 Å². The largest absolute Gasteiger partial charge is 0.356 e. The number of nitrogens with one attached hydrogen (secondary N) is 2. The number of unbranched alkanes of at least 4 members (excludes halogenated alkanes) is 1. The van der Waals surface area contributed by atoms with Crippen molar-refractivity contribution in [3.63, 3.8) is 0 Å². The fourth-order valence-electron chi connectivity index (χ4n) is 2.84. The maximum atomic E-state index is 4.36. The summed E-state index contributed by atoms with van der Waals surface area (Å²) in [6, 6.07) is 2.78. The van der Waals surface area contributed by atoms with Gasteiger partial charge in [0.25, 0.3) is 0 Å². The first-order valence-corrected chi connectivity index (χ1v) is 10.8. The van der Waals surface area contributed by atoms with E-state index in [1.165, 1.54) is 37.0 Å². The Balaban J connectivity index is 0.00000288. The third-order valence-electron chi connectivity index (χ3n) is 4.21. The SMILES string of the molecule is CN=C(NCCCCSC)NC1CCN(Cc2ccsc2)CC1.I. The summed E-state index contributed by atoms with van der Waals surface area (Å²) in [4.78, 5) is 6.91. The van der Waals surface area contributed by atoms with Gasteiger partial charge in [-0.1, -0.05) is 0 Å². The number of hydrogen-bond donors (Lipinski definition) is 2. The number of thiophene rings is 1. The van der Waals surface area contributed by atoms with Crippen molar-refractivity contribution < 1.29 is 0 Å². The third-order valence-corrected chi connectivity index (χ3v) is 5.63. The Bertz CT molecular complexity index is 445. The molecule has 1 aromatic heterocycles. The first kappa shape index (κ1) is 22.1. The fraction of sp³-hybridized carbons (Fsp3) is 0.706. The predicted molar refractivity (Wildman–Crippen MR) is 120 cm³/mol. The van der Waals surface area contributed by atoms with E-state index in [2.05, 4.69) is 43.6 Å². The van der Waals surface area contributed by atoms with E-state index >= 15 is 0 Å². The molecule has 0 amide bonds. The molecule has 0 spiro atoms. The Labute approximate surface area is 172 Å². The van der Waals surface area contributed by atoms with Crippen LogP contribution in [0.1, 0.15) is 31.2 Å². The van der Waals surface area contributed by atoms with Gasteiger partial charge < -0.3 is 10.6 Å². The number of piperidine rings is 1. The second-order valence-corrected chi connectivity index (χ2v) is 7.79. The summed E-state index contributed by atoms with van der Waals surface area (Å²) in [7, 11) is 1.86. The molecule has 0 radical (unpaired) electrons. The van der Waals surface area contributed by atoms with Crippen molar-refractivity contribution in [2.24, 2.45) is 4.99 Å². The van der Waals surface area contributed by atoms with Crippen LogP contribution < -0.4 is 10.6 Å². The summed E-state index contributed by atoms with van der Waals surface area (Å²) >= 11 is 3.71. The van der Waals surface area contributed by atoms with Crippen LogP contribution in [0.3, 0.4) is 0 Å². The van der Waals surface area contributed by atoms with Crippen LogP contribution in [0.15, 0.2) is 21.8 Å².